The second-order valence-electron chi connectivity index (χ2n) is 7.01. The van der Waals surface area contributed by atoms with E-state index in [4.69, 9.17) is 0 Å². The number of halogens is 1. The molecular formula is C21H21FN2O2. The van der Waals surface area contributed by atoms with Crippen LogP contribution in [0, 0.1) is 11.7 Å². The third kappa shape index (κ3) is 3.34. The molecule has 1 aliphatic heterocycles. The van der Waals surface area contributed by atoms with Crippen molar-refractivity contribution in [3.8, 4) is 0 Å². The number of hydrogen-bond acceptors (Lipinski definition) is 2. The summed E-state index contributed by atoms with van der Waals surface area (Å²) in [6.45, 7) is 0.985. The highest BCUT2D eigenvalue weighted by Crippen LogP contribution is 2.49. The fraction of sp³-hybridized carbons (Fsp3) is 0.333. The second-order valence-corrected chi connectivity index (χ2v) is 7.01. The maximum absolute atomic E-state index is 13.2. The maximum Gasteiger partial charge on any atom is 0.226 e. The molecule has 4 nitrogen and oxygen atoms in total. The number of nitrogens with one attached hydrogen (secondary N) is 1. The molecule has 2 aromatic carbocycles. The van der Waals surface area contributed by atoms with Crippen molar-refractivity contribution in [3.05, 3.63) is 71.5 Å². The number of nitrogens with zero attached hydrogens (tertiary/aromatic N) is 1. The quantitative estimate of drug-likeness (QED) is 0.923. The molecule has 0 radical (unpaired) electrons. The summed E-state index contributed by atoms with van der Waals surface area (Å²) in [5.41, 5.74) is 1.99. The third-order valence-corrected chi connectivity index (χ3v) is 5.30. The first-order valence-corrected chi connectivity index (χ1v) is 9.01. The number of carbonyl (C=O) groups is 2. The molecule has 134 valence electrons. The van der Waals surface area contributed by atoms with Gasteiger partial charge >= 0.3 is 0 Å². The molecule has 2 amide bonds. The zero-order chi connectivity index (χ0) is 18.1. The van der Waals surface area contributed by atoms with Crippen molar-refractivity contribution in [2.24, 2.45) is 5.92 Å². The molecule has 4 rings (SSSR count). The van der Waals surface area contributed by atoms with Crippen LogP contribution in [0.4, 0.5) is 4.39 Å². The lowest BCUT2D eigenvalue weighted by molar-refractivity contribution is -0.135. The van der Waals surface area contributed by atoms with Gasteiger partial charge in [-0.2, -0.15) is 0 Å². The van der Waals surface area contributed by atoms with Gasteiger partial charge in [0.05, 0.1) is 12.5 Å². The minimum Gasteiger partial charge on any atom is -0.354 e. The number of hydrogen-bond donors (Lipinski definition) is 1. The Morgan fingerprint density at radius 3 is 2.50 bits per heavy atom. The Morgan fingerprint density at radius 1 is 1.04 bits per heavy atom. The maximum atomic E-state index is 13.2. The van der Waals surface area contributed by atoms with E-state index in [1.165, 1.54) is 12.1 Å². The van der Waals surface area contributed by atoms with Gasteiger partial charge in [0, 0.05) is 19.0 Å². The van der Waals surface area contributed by atoms with Crippen LogP contribution in [0.3, 0.4) is 0 Å². The molecule has 1 saturated carbocycles. The molecule has 0 spiro atoms. The SMILES string of the molecule is O=C1C[C@H](c2ccccc2)N(C(=O)[C@H]2C[C@H]2c2ccc(F)cc2)CCN1. The largest absolute Gasteiger partial charge is 0.354 e. The average Bonchev–Trinajstić information content (AvgIpc) is 3.47. The molecule has 1 heterocycles. The van der Waals surface area contributed by atoms with Crippen LogP contribution in [-0.2, 0) is 9.59 Å². The van der Waals surface area contributed by atoms with E-state index in [1.54, 1.807) is 12.1 Å². The first kappa shape index (κ1) is 16.8. The number of rotatable bonds is 3. The van der Waals surface area contributed by atoms with Crippen molar-refractivity contribution in [2.75, 3.05) is 13.1 Å². The molecule has 2 aliphatic rings. The molecule has 0 bridgehead atoms. The van der Waals surface area contributed by atoms with Crippen LogP contribution in [0.1, 0.15) is 35.9 Å². The standard InChI is InChI=1S/C21H21FN2O2/c22-16-8-6-14(7-9-16)17-12-18(17)21(26)24-11-10-23-20(25)13-19(24)15-4-2-1-3-5-15/h1-9,17-19H,10-13H2,(H,23,25)/t17-,18-,19+/m0/s1. The van der Waals surface area contributed by atoms with Gasteiger partial charge in [0.1, 0.15) is 5.82 Å². The van der Waals surface area contributed by atoms with E-state index in [0.29, 0.717) is 13.1 Å². The van der Waals surface area contributed by atoms with Crippen molar-refractivity contribution in [1.29, 1.82) is 0 Å². The van der Waals surface area contributed by atoms with Crippen LogP contribution in [-0.4, -0.2) is 29.8 Å². The van der Waals surface area contributed by atoms with Crippen molar-refractivity contribution in [2.45, 2.75) is 24.8 Å². The Morgan fingerprint density at radius 2 is 1.77 bits per heavy atom. The van der Waals surface area contributed by atoms with Crippen LogP contribution < -0.4 is 5.32 Å². The Labute approximate surface area is 152 Å². The smallest absolute Gasteiger partial charge is 0.226 e. The number of benzene rings is 2. The zero-order valence-electron chi connectivity index (χ0n) is 14.4. The van der Waals surface area contributed by atoms with E-state index < -0.39 is 0 Å². The molecule has 2 aromatic rings. The van der Waals surface area contributed by atoms with Crippen molar-refractivity contribution in [1.82, 2.24) is 10.2 Å². The van der Waals surface area contributed by atoms with E-state index in [9.17, 15) is 14.0 Å². The van der Waals surface area contributed by atoms with Crippen LogP contribution in [0.5, 0.6) is 0 Å². The van der Waals surface area contributed by atoms with Crippen LogP contribution >= 0.6 is 0 Å². The van der Waals surface area contributed by atoms with Crippen molar-refractivity contribution < 1.29 is 14.0 Å². The van der Waals surface area contributed by atoms with Gasteiger partial charge in [-0.05, 0) is 35.6 Å². The van der Waals surface area contributed by atoms with E-state index in [0.717, 1.165) is 17.5 Å². The summed E-state index contributed by atoms with van der Waals surface area (Å²) in [5, 5.41) is 2.86. The Hall–Kier alpha value is -2.69. The monoisotopic (exact) mass is 352 g/mol. The molecule has 1 saturated heterocycles. The molecule has 0 unspecified atom stereocenters. The highest BCUT2D eigenvalue weighted by Gasteiger charge is 2.47. The van der Waals surface area contributed by atoms with Crippen LogP contribution in [0.25, 0.3) is 0 Å². The van der Waals surface area contributed by atoms with Crippen LogP contribution in [0.15, 0.2) is 54.6 Å². The van der Waals surface area contributed by atoms with Gasteiger partial charge < -0.3 is 10.2 Å². The Bertz CT molecular complexity index is 807. The van der Waals surface area contributed by atoms with Gasteiger partial charge in [-0.25, -0.2) is 4.39 Å². The lowest BCUT2D eigenvalue weighted by atomic mass is 10.0. The van der Waals surface area contributed by atoms with Crippen molar-refractivity contribution in [3.63, 3.8) is 0 Å². The fourth-order valence-corrected chi connectivity index (χ4v) is 3.83. The average molecular weight is 352 g/mol. The molecular weight excluding hydrogens is 331 g/mol. The lowest BCUT2D eigenvalue weighted by Crippen LogP contribution is -2.37. The first-order valence-electron chi connectivity index (χ1n) is 9.01. The molecule has 5 heteroatoms. The van der Waals surface area contributed by atoms with Crippen molar-refractivity contribution >= 4 is 11.8 Å². The van der Waals surface area contributed by atoms with Gasteiger partial charge in [0.15, 0.2) is 0 Å². The predicted molar refractivity (Wildman–Crippen MR) is 95.8 cm³/mol. The molecule has 0 aromatic heterocycles. The molecule has 2 fully saturated rings. The van der Waals surface area contributed by atoms with Gasteiger partial charge in [-0.1, -0.05) is 42.5 Å². The first-order chi connectivity index (χ1) is 12.6. The minimum atomic E-state index is -0.265. The number of carbonyl (C=O) groups excluding carboxylic acids is 2. The lowest BCUT2D eigenvalue weighted by Gasteiger charge is -2.30. The summed E-state index contributed by atoms with van der Waals surface area (Å²) >= 11 is 0. The summed E-state index contributed by atoms with van der Waals surface area (Å²) in [6, 6.07) is 15.9. The normalized spacial score (nSPS) is 25.3. The second kappa shape index (κ2) is 6.90. The van der Waals surface area contributed by atoms with Gasteiger partial charge in [0.25, 0.3) is 0 Å². The highest BCUT2D eigenvalue weighted by molar-refractivity contribution is 5.85. The molecule has 3 atom stereocenters. The summed E-state index contributed by atoms with van der Waals surface area (Å²) in [7, 11) is 0. The predicted octanol–water partition coefficient (Wildman–Crippen LogP) is 3.02. The summed E-state index contributed by atoms with van der Waals surface area (Å²) in [4.78, 5) is 27.1. The van der Waals surface area contributed by atoms with E-state index in [2.05, 4.69) is 5.32 Å². The molecule has 1 N–H and O–H groups in total. The third-order valence-electron chi connectivity index (χ3n) is 5.30. The van der Waals surface area contributed by atoms with Gasteiger partial charge in [-0.3, -0.25) is 9.59 Å². The zero-order valence-corrected chi connectivity index (χ0v) is 14.4. The molecule has 26 heavy (non-hydrogen) atoms. The van der Waals surface area contributed by atoms with Crippen LogP contribution in [0.2, 0.25) is 0 Å². The van der Waals surface area contributed by atoms with E-state index in [-0.39, 0.29) is 41.9 Å². The number of amides is 2. The fourth-order valence-electron chi connectivity index (χ4n) is 3.83. The summed E-state index contributed by atoms with van der Waals surface area (Å²) < 4.78 is 13.1. The van der Waals surface area contributed by atoms with Gasteiger partial charge in [0.2, 0.25) is 11.8 Å². The highest BCUT2D eigenvalue weighted by atomic mass is 19.1. The topological polar surface area (TPSA) is 49.4 Å². The summed E-state index contributed by atoms with van der Waals surface area (Å²) in [6.07, 6.45) is 1.06. The Kier molecular flexibility index (Phi) is 4.45. The Balaban J connectivity index is 1.55. The van der Waals surface area contributed by atoms with E-state index >= 15 is 0 Å². The molecule has 1 aliphatic carbocycles. The van der Waals surface area contributed by atoms with E-state index in [1.807, 2.05) is 35.2 Å². The van der Waals surface area contributed by atoms with Gasteiger partial charge in [-0.15, -0.1) is 0 Å². The minimum absolute atomic E-state index is 0.0277. The summed E-state index contributed by atoms with van der Waals surface area (Å²) in [5.74, 6) is -0.144.